The average Bonchev–Trinajstić information content (AvgIpc) is 2.68. The maximum absolute atomic E-state index is 11.6. The van der Waals surface area contributed by atoms with Crippen molar-refractivity contribution in [2.45, 2.75) is 20.8 Å². The number of anilines is 1. The zero-order valence-corrected chi connectivity index (χ0v) is 12.7. The highest BCUT2D eigenvalue weighted by Gasteiger charge is 2.13. The summed E-state index contributed by atoms with van der Waals surface area (Å²) in [5.74, 6) is 1.34. The molecule has 2 N–H and O–H groups in total. The zero-order chi connectivity index (χ0) is 14.7. The first-order valence-corrected chi connectivity index (χ1v) is 7.20. The van der Waals surface area contributed by atoms with Crippen LogP contribution in [0.1, 0.15) is 16.3 Å². The molecule has 2 aromatic heterocycles. The quantitative estimate of drug-likeness (QED) is 0.829. The Labute approximate surface area is 122 Å². The summed E-state index contributed by atoms with van der Waals surface area (Å²) in [7, 11) is 0. The molecule has 106 valence electrons. The van der Waals surface area contributed by atoms with E-state index in [1.165, 1.54) is 10.4 Å². The molecule has 1 amide bonds. The third kappa shape index (κ3) is 2.96. The first-order chi connectivity index (χ1) is 9.52. The van der Waals surface area contributed by atoms with E-state index in [0.29, 0.717) is 12.4 Å². The minimum atomic E-state index is -0.0843. The van der Waals surface area contributed by atoms with E-state index in [-0.39, 0.29) is 12.5 Å². The predicted molar refractivity (Wildman–Crippen MR) is 83.3 cm³/mol. The molecule has 0 aliphatic heterocycles. The van der Waals surface area contributed by atoms with Gasteiger partial charge in [0.05, 0.1) is 11.9 Å². The number of aryl methyl sites for hydroxylation is 3. The third-order valence-corrected chi connectivity index (χ3v) is 4.10. The summed E-state index contributed by atoms with van der Waals surface area (Å²) in [4.78, 5) is 22.7. The Morgan fingerprint density at radius 3 is 2.80 bits per heavy atom. The van der Waals surface area contributed by atoms with Crippen molar-refractivity contribution in [3.63, 3.8) is 0 Å². The number of rotatable bonds is 5. The third-order valence-electron chi connectivity index (χ3n) is 3.00. The summed E-state index contributed by atoms with van der Waals surface area (Å²) in [6.07, 6.45) is 1.65. The van der Waals surface area contributed by atoms with Gasteiger partial charge in [0.25, 0.3) is 0 Å². The molecule has 0 aliphatic carbocycles. The van der Waals surface area contributed by atoms with Crippen LogP contribution < -0.4 is 10.6 Å². The van der Waals surface area contributed by atoms with Crippen molar-refractivity contribution in [3.05, 3.63) is 28.9 Å². The van der Waals surface area contributed by atoms with Crippen LogP contribution in [0, 0.1) is 20.8 Å². The number of carbonyl (C=O) groups excluding carboxylic acids is 1. The fourth-order valence-electron chi connectivity index (χ4n) is 1.90. The number of amides is 1. The highest BCUT2D eigenvalue weighted by molar-refractivity contribution is 7.18. The van der Waals surface area contributed by atoms with Crippen molar-refractivity contribution in [3.8, 4) is 0 Å². The van der Waals surface area contributed by atoms with Gasteiger partial charge in [-0.25, -0.2) is 9.97 Å². The lowest BCUT2D eigenvalue weighted by atomic mass is 10.2. The Balaban J connectivity index is 2.25. The maximum Gasteiger partial charge on any atom is 0.239 e. The van der Waals surface area contributed by atoms with Crippen molar-refractivity contribution in [1.29, 1.82) is 0 Å². The van der Waals surface area contributed by atoms with Gasteiger partial charge in [-0.15, -0.1) is 17.9 Å². The van der Waals surface area contributed by atoms with Gasteiger partial charge in [-0.05, 0) is 26.3 Å². The van der Waals surface area contributed by atoms with Crippen LogP contribution in [-0.2, 0) is 4.79 Å². The van der Waals surface area contributed by atoms with E-state index >= 15 is 0 Å². The lowest BCUT2D eigenvalue weighted by Gasteiger charge is -2.08. The van der Waals surface area contributed by atoms with Crippen LogP contribution in [0.5, 0.6) is 0 Å². The highest BCUT2D eigenvalue weighted by Crippen LogP contribution is 2.32. The summed E-state index contributed by atoms with van der Waals surface area (Å²) in [6, 6.07) is 0. The number of aromatic nitrogens is 2. The van der Waals surface area contributed by atoms with E-state index in [1.807, 2.05) is 6.92 Å². The van der Waals surface area contributed by atoms with Crippen LogP contribution in [0.4, 0.5) is 5.82 Å². The first-order valence-electron chi connectivity index (χ1n) is 6.38. The Morgan fingerprint density at radius 2 is 2.10 bits per heavy atom. The molecule has 0 unspecified atom stereocenters. The van der Waals surface area contributed by atoms with Crippen molar-refractivity contribution in [1.82, 2.24) is 15.3 Å². The maximum atomic E-state index is 11.6. The van der Waals surface area contributed by atoms with Crippen LogP contribution >= 0.6 is 11.3 Å². The molecule has 0 saturated carbocycles. The minimum Gasteiger partial charge on any atom is -0.360 e. The first kappa shape index (κ1) is 14.5. The molecular weight excluding hydrogens is 272 g/mol. The van der Waals surface area contributed by atoms with Gasteiger partial charge in [0.1, 0.15) is 16.5 Å². The Bertz CT molecular complexity index is 663. The van der Waals surface area contributed by atoms with Crippen molar-refractivity contribution in [2.75, 3.05) is 18.4 Å². The van der Waals surface area contributed by atoms with Crippen molar-refractivity contribution in [2.24, 2.45) is 0 Å². The lowest BCUT2D eigenvalue weighted by Crippen LogP contribution is -2.30. The van der Waals surface area contributed by atoms with Crippen molar-refractivity contribution < 1.29 is 4.79 Å². The molecule has 0 fully saturated rings. The molecule has 2 rings (SSSR count). The number of thiophene rings is 1. The number of nitrogens with one attached hydrogen (secondary N) is 2. The van der Waals surface area contributed by atoms with E-state index in [1.54, 1.807) is 17.4 Å². The molecule has 2 aromatic rings. The van der Waals surface area contributed by atoms with Gasteiger partial charge in [0.2, 0.25) is 5.91 Å². The summed E-state index contributed by atoms with van der Waals surface area (Å²) < 4.78 is 0. The number of hydrogen-bond acceptors (Lipinski definition) is 5. The number of nitrogens with zero attached hydrogens (tertiary/aromatic N) is 2. The van der Waals surface area contributed by atoms with Gasteiger partial charge in [-0.1, -0.05) is 6.08 Å². The largest absolute Gasteiger partial charge is 0.360 e. The predicted octanol–water partition coefficient (Wildman–Crippen LogP) is 2.33. The summed E-state index contributed by atoms with van der Waals surface area (Å²) in [5, 5.41) is 6.83. The van der Waals surface area contributed by atoms with Crippen LogP contribution in [0.15, 0.2) is 12.7 Å². The second-order valence-electron chi connectivity index (χ2n) is 4.53. The average molecular weight is 290 g/mol. The Kier molecular flexibility index (Phi) is 4.34. The smallest absolute Gasteiger partial charge is 0.239 e. The van der Waals surface area contributed by atoms with Crippen molar-refractivity contribution >= 4 is 33.3 Å². The molecule has 20 heavy (non-hydrogen) atoms. The molecule has 5 nitrogen and oxygen atoms in total. The van der Waals surface area contributed by atoms with Crippen LogP contribution in [0.25, 0.3) is 10.2 Å². The van der Waals surface area contributed by atoms with Gasteiger partial charge >= 0.3 is 0 Å². The van der Waals surface area contributed by atoms with E-state index in [9.17, 15) is 4.79 Å². The molecule has 0 aromatic carbocycles. The molecule has 0 radical (unpaired) electrons. The van der Waals surface area contributed by atoms with Crippen LogP contribution in [-0.4, -0.2) is 29.0 Å². The molecule has 0 aliphatic rings. The molecule has 0 bridgehead atoms. The van der Waals surface area contributed by atoms with Gasteiger partial charge in [-0.3, -0.25) is 4.79 Å². The van der Waals surface area contributed by atoms with Gasteiger partial charge in [-0.2, -0.15) is 0 Å². The van der Waals surface area contributed by atoms with Gasteiger partial charge in [0, 0.05) is 11.4 Å². The van der Waals surface area contributed by atoms with E-state index < -0.39 is 0 Å². The lowest BCUT2D eigenvalue weighted by molar-refractivity contribution is -0.119. The SMILES string of the molecule is C=CCNC(=O)CNc1nc(C)nc2sc(C)c(C)c12. The fourth-order valence-corrected chi connectivity index (χ4v) is 2.97. The van der Waals surface area contributed by atoms with E-state index in [4.69, 9.17) is 0 Å². The summed E-state index contributed by atoms with van der Waals surface area (Å²) in [6.45, 7) is 10.2. The second kappa shape index (κ2) is 6.00. The topological polar surface area (TPSA) is 66.9 Å². The fraction of sp³-hybridized carbons (Fsp3) is 0.357. The molecule has 6 heteroatoms. The highest BCUT2D eigenvalue weighted by atomic mass is 32.1. The number of carbonyl (C=O) groups is 1. The summed E-state index contributed by atoms with van der Waals surface area (Å²) in [5.41, 5.74) is 1.17. The minimum absolute atomic E-state index is 0.0843. The van der Waals surface area contributed by atoms with Gasteiger partial charge in [0.15, 0.2) is 0 Å². The second-order valence-corrected chi connectivity index (χ2v) is 5.73. The number of hydrogen-bond donors (Lipinski definition) is 2. The number of fused-ring (bicyclic) bond motifs is 1. The zero-order valence-electron chi connectivity index (χ0n) is 11.9. The Morgan fingerprint density at radius 1 is 1.35 bits per heavy atom. The van der Waals surface area contributed by atoms with Gasteiger partial charge < -0.3 is 10.6 Å². The van der Waals surface area contributed by atoms with E-state index in [0.717, 1.165) is 16.0 Å². The Hall–Kier alpha value is -1.95. The van der Waals surface area contributed by atoms with E-state index in [2.05, 4.69) is 41.0 Å². The molecule has 2 heterocycles. The summed E-state index contributed by atoms with van der Waals surface area (Å²) >= 11 is 1.65. The molecule has 0 spiro atoms. The molecule has 0 atom stereocenters. The van der Waals surface area contributed by atoms with Crippen LogP contribution in [0.2, 0.25) is 0 Å². The standard InChI is InChI=1S/C14H18N4OS/c1-5-6-15-11(19)7-16-13-12-8(2)9(3)20-14(12)18-10(4)17-13/h5H,1,6-7H2,2-4H3,(H,15,19)(H,16,17,18). The normalized spacial score (nSPS) is 10.6. The molecule has 0 saturated heterocycles. The monoisotopic (exact) mass is 290 g/mol. The van der Waals surface area contributed by atoms with Crippen LogP contribution in [0.3, 0.4) is 0 Å². The molecular formula is C14H18N4OS.